The fourth-order valence-corrected chi connectivity index (χ4v) is 2.69. The maximum Gasteiger partial charge on any atom is 0.237 e. The molecule has 118 valence electrons. The molecule has 1 unspecified atom stereocenters. The Labute approximate surface area is 134 Å². The van der Waals surface area contributed by atoms with Gasteiger partial charge in [-0.05, 0) is 31.9 Å². The summed E-state index contributed by atoms with van der Waals surface area (Å²) < 4.78 is 0. The van der Waals surface area contributed by atoms with Gasteiger partial charge in [0.25, 0.3) is 0 Å². The highest BCUT2D eigenvalue weighted by molar-refractivity contribution is 5.85. The van der Waals surface area contributed by atoms with E-state index in [9.17, 15) is 4.79 Å². The number of benzene rings is 1. The van der Waals surface area contributed by atoms with Gasteiger partial charge in [0.05, 0.1) is 6.04 Å². The van der Waals surface area contributed by atoms with Crippen molar-refractivity contribution in [3.63, 3.8) is 0 Å². The van der Waals surface area contributed by atoms with Crippen molar-refractivity contribution in [1.29, 1.82) is 0 Å². The standard InChI is InChI=1S/C17H26N2O.ClH/c1-13(17(2,3)14-9-5-4-6-10-14)19-16(20)15-11-7-8-12-18-15;/h4-6,9-10,13,15,18H,7-8,11-12H2,1-3H3,(H,19,20);1H/t13?,15-;/m0./s1. The topological polar surface area (TPSA) is 41.1 Å². The van der Waals surface area contributed by atoms with E-state index in [2.05, 4.69) is 43.5 Å². The maximum absolute atomic E-state index is 12.3. The minimum atomic E-state index is -0.0778. The molecule has 1 aromatic rings. The Morgan fingerprint density at radius 1 is 1.29 bits per heavy atom. The van der Waals surface area contributed by atoms with Gasteiger partial charge in [-0.1, -0.05) is 50.6 Å². The molecule has 1 aliphatic rings. The SMILES string of the molecule is CC(NC(=O)[C@@H]1CCCCN1)C(C)(C)c1ccccc1.Cl. The third-order valence-corrected chi connectivity index (χ3v) is 4.59. The van der Waals surface area contributed by atoms with Gasteiger partial charge in [0, 0.05) is 11.5 Å². The van der Waals surface area contributed by atoms with E-state index in [1.165, 1.54) is 12.0 Å². The molecule has 0 bridgehead atoms. The van der Waals surface area contributed by atoms with Crippen LogP contribution in [0.4, 0.5) is 0 Å². The summed E-state index contributed by atoms with van der Waals surface area (Å²) in [4.78, 5) is 12.3. The molecular weight excluding hydrogens is 284 g/mol. The molecule has 1 saturated heterocycles. The number of hydrogen-bond acceptors (Lipinski definition) is 2. The molecule has 1 aromatic carbocycles. The fourth-order valence-electron chi connectivity index (χ4n) is 2.69. The lowest BCUT2D eigenvalue weighted by Crippen LogP contribution is -2.53. The zero-order valence-corrected chi connectivity index (χ0v) is 14.0. The van der Waals surface area contributed by atoms with E-state index in [0.717, 1.165) is 19.4 Å². The van der Waals surface area contributed by atoms with Gasteiger partial charge in [-0.2, -0.15) is 0 Å². The van der Waals surface area contributed by atoms with E-state index >= 15 is 0 Å². The second-order valence-electron chi connectivity index (χ2n) is 6.32. The van der Waals surface area contributed by atoms with E-state index < -0.39 is 0 Å². The molecule has 21 heavy (non-hydrogen) atoms. The van der Waals surface area contributed by atoms with Crippen molar-refractivity contribution >= 4 is 18.3 Å². The van der Waals surface area contributed by atoms with Crippen LogP contribution in [0, 0.1) is 0 Å². The summed E-state index contributed by atoms with van der Waals surface area (Å²) in [6, 6.07) is 10.5. The van der Waals surface area contributed by atoms with Crippen LogP contribution in [0.5, 0.6) is 0 Å². The molecule has 0 aliphatic carbocycles. The van der Waals surface area contributed by atoms with Crippen molar-refractivity contribution in [2.75, 3.05) is 6.54 Å². The summed E-state index contributed by atoms with van der Waals surface area (Å²) in [5.41, 5.74) is 1.18. The van der Waals surface area contributed by atoms with Crippen molar-refractivity contribution in [3.05, 3.63) is 35.9 Å². The molecule has 4 heteroatoms. The van der Waals surface area contributed by atoms with Crippen LogP contribution < -0.4 is 10.6 Å². The van der Waals surface area contributed by atoms with E-state index in [-0.39, 0.29) is 35.8 Å². The second-order valence-corrected chi connectivity index (χ2v) is 6.32. The van der Waals surface area contributed by atoms with E-state index in [1.807, 2.05) is 18.2 Å². The summed E-state index contributed by atoms with van der Waals surface area (Å²) in [7, 11) is 0. The summed E-state index contributed by atoms with van der Waals surface area (Å²) >= 11 is 0. The molecule has 0 radical (unpaired) electrons. The monoisotopic (exact) mass is 310 g/mol. The Hall–Kier alpha value is -1.06. The van der Waals surface area contributed by atoms with Crippen LogP contribution in [-0.4, -0.2) is 24.5 Å². The Bertz CT molecular complexity index is 441. The predicted molar refractivity (Wildman–Crippen MR) is 90.0 cm³/mol. The molecule has 1 heterocycles. The third-order valence-electron chi connectivity index (χ3n) is 4.59. The Balaban J connectivity index is 0.00000220. The van der Waals surface area contributed by atoms with Gasteiger partial charge in [0.2, 0.25) is 5.91 Å². The highest BCUT2D eigenvalue weighted by atomic mass is 35.5. The van der Waals surface area contributed by atoms with E-state index in [0.29, 0.717) is 0 Å². The van der Waals surface area contributed by atoms with Crippen LogP contribution in [0.1, 0.15) is 45.6 Å². The Kier molecular flexibility index (Phi) is 6.69. The number of amides is 1. The van der Waals surface area contributed by atoms with E-state index in [4.69, 9.17) is 0 Å². The maximum atomic E-state index is 12.3. The molecule has 0 saturated carbocycles. The van der Waals surface area contributed by atoms with Crippen LogP contribution in [0.25, 0.3) is 0 Å². The molecule has 0 spiro atoms. The minimum Gasteiger partial charge on any atom is -0.351 e. The average Bonchev–Trinajstić information content (AvgIpc) is 2.49. The van der Waals surface area contributed by atoms with Crippen LogP contribution in [0.2, 0.25) is 0 Å². The van der Waals surface area contributed by atoms with Crippen molar-refractivity contribution < 1.29 is 4.79 Å². The predicted octanol–water partition coefficient (Wildman–Crippen LogP) is 3.03. The summed E-state index contributed by atoms with van der Waals surface area (Å²) in [5.74, 6) is 0.140. The van der Waals surface area contributed by atoms with Crippen LogP contribution in [0.3, 0.4) is 0 Å². The van der Waals surface area contributed by atoms with Gasteiger partial charge in [-0.25, -0.2) is 0 Å². The first-order chi connectivity index (χ1) is 9.51. The molecule has 2 N–H and O–H groups in total. The number of halogens is 1. The molecule has 2 atom stereocenters. The zero-order valence-electron chi connectivity index (χ0n) is 13.2. The fraction of sp³-hybridized carbons (Fsp3) is 0.588. The van der Waals surface area contributed by atoms with Crippen molar-refractivity contribution in [2.24, 2.45) is 0 Å². The minimum absolute atomic E-state index is 0. The highest BCUT2D eigenvalue weighted by Crippen LogP contribution is 2.27. The second kappa shape index (κ2) is 7.81. The molecular formula is C17H27ClN2O. The molecule has 2 rings (SSSR count). The van der Waals surface area contributed by atoms with Crippen LogP contribution in [0.15, 0.2) is 30.3 Å². The average molecular weight is 311 g/mol. The van der Waals surface area contributed by atoms with Crippen molar-refractivity contribution in [2.45, 2.75) is 57.5 Å². The van der Waals surface area contributed by atoms with Crippen molar-refractivity contribution in [1.82, 2.24) is 10.6 Å². The summed E-state index contributed by atoms with van der Waals surface area (Å²) in [6.07, 6.45) is 3.26. The first-order valence-corrected chi connectivity index (χ1v) is 7.61. The van der Waals surface area contributed by atoms with Gasteiger partial charge >= 0.3 is 0 Å². The number of piperidine rings is 1. The first kappa shape index (κ1) is 18.0. The van der Waals surface area contributed by atoms with E-state index in [1.54, 1.807) is 0 Å². The molecule has 0 aromatic heterocycles. The number of nitrogens with one attached hydrogen (secondary N) is 2. The third kappa shape index (κ3) is 4.45. The van der Waals surface area contributed by atoms with Gasteiger partial charge in [-0.3, -0.25) is 4.79 Å². The number of carbonyl (C=O) groups is 1. The Morgan fingerprint density at radius 3 is 2.52 bits per heavy atom. The van der Waals surface area contributed by atoms with Crippen molar-refractivity contribution in [3.8, 4) is 0 Å². The lowest BCUT2D eigenvalue weighted by atomic mass is 9.78. The molecule has 3 nitrogen and oxygen atoms in total. The normalized spacial score (nSPS) is 20.2. The lowest BCUT2D eigenvalue weighted by molar-refractivity contribution is -0.124. The first-order valence-electron chi connectivity index (χ1n) is 7.61. The summed E-state index contributed by atoms with van der Waals surface area (Å²) in [5, 5.41) is 6.49. The van der Waals surface area contributed by atoms with Gasteiger partial charge in [0.15, 0.2) is 0 Å². The molecule has 1 aliphatic heterocycles. The van der Waals surface area contributed by atoms with Crippen LogP contribution in [-0.2, 0) is 10.2 Å². The Morgan fingerprint density at radius 2 is 1.95 bits per heavy atom. The molecule has 1 amide bonds. The van der Waals surface area contributed by atoms with Gasteiger partial charge < -0.3 is 10.6 Å². The summed E-state index contributed by atoms with van der Waals surface area (Å²) in [6.45, 7) is 7.41. The zero-order chi connectivity index (χ0) is 14.6. The number of carbonyl (C=O) groups excluding carboxylic acids is 1. The lowest BCUT2D eigenvalue weighted by Gasteiger charge is -2.34. The number of hydrogen-bond donors (Lipinski definition) is 2. The molecule has 1 fully saturated rings. The van der Waals surface area contributed by atoms with Gasteiger partial charge in [-0.15, -0.1) is 12.4 Å². The highest BCUT2D eigenvalue weighted by Gasteiger charge is 2.31. The quantitative estimate of drug-likeness (QED) is 0.897. The number of rotatable bonds is 4. The van der Waals surface area contributed by atoms with Gasteiger partial charge in [0.1, 0.15) is 0 Å². The van der Waals surface area contributed by atoms with Crippen LogP contribution >= 0.6 is 12.4 Å². The largest absolute Gasteiger partial charge is 0.351 e. The smallest absolute Gasteiger partial charge is 0.237 e.